The fraction of sp³-hybridized carbons (Fsp3) is 0.188. The van der Waals surface area contributed by atoms with Crippen LogP contribution >= 0.6 is 0 Å². The van der Waals surface area contributed by atoms with Crippen molar-refractivity contribution in [3.05, 3.63) is 64.7 Å². The Kier molecular flexibility index (Phi) is 3.73. The van der Waals surface area contributed by atoms with Crippen LogP contribution < -0.4 is 10.8 Å². The van der Waals surface area contributed by atoms with Gasteiger partial charge in [0.1, 0.15) is 0 Å². The number of benzene rings is 2. The Bertz CT molecular complexity index is 742. The van der Waals surface area contributed by atoms with E-state index in [-0.39, 0.29) is 6.04 Å². The lowest BCUT2D eigenvalue weighted by atomic mass is 10.0. The summed E-state index contributed by atoms with van der Waals surface area (Å²) in [4.78, 5) is 11.6. The summed E-state index contributed by atoms with van der Waals surface area (Å²) >= 11 is 0. The van der Waals surface area contributed by atoms with Crippen molar-refractivity contribution in [2.24, 2.45) is 0 Å². The summed E-state index contributed by atoms with van der Waals surface area (Å²) in [6.07, 6.45) is -3.82. The number of halogens is 3. The van der Waals surface area contributed by atoms with E-state index in [1.807, 2.05) is 6.07 Å². The second kappa shape index (κ2) is 5.58. The maximum absolute atomic E-state index is 12.6. The first-order chi connectivity index (χ1) is 10.9. The summed E-state index contributed by atoms with van der Waals surface area (Å²) in [5, 5.41) is 11.9. The molecule has 0 spiro atoms. The summed E-state index contributed by atoms with van der Waals surface area (Å²) in [5.41, 5.74) is 3.34. The smallest absolute Gasteiger partial charge is 0.377 e. The van der Waals surface area contributed by atoms with E-state index < -0.39 is 17.6 Å². The highest BCUT2D eigenvalue weighted by Crippen LogP contribution is 2.37. The summed E-state index contributed by atoms with van der Waals surface area (Å²) in [6.45, 7) is 0. The van der Waals surface area contributed by atoms with Gasteiger partial charge in [0.05, 0.1) is 22.9 Å². The fourth-order valence-corrected chi connectivity index (χ4v) is 2.74. The topological polar surface area (TPSA) is 61.4 Å². The predicted molar refractivity (Wildman–Crippen MR) is 77.2 cm³/mol. The molecule has 1 aliphatic rings. The molecule has 2 aromatic carbocycles. The van der Waals surface area contributed by atoms with Gasteiger partial charge in [0.15, 0.2) is 0 Å². The highest BCUT2D eigenvalue weighted by molar-refractivity contribution is 6.00. The zero-order valence-electron chi connectivity index (χ0n) is 11.8. The van der Waals surface area contributed by atoms with Gasteiger partial charge in [-0.3, -0.25) is 10.0 Å². The van der Waals surface area contributed by atoms with Crippen molar-refractivity contribution in [1.29, 1.82) is 0 Å². The molecule has 1 aliphatic heterocycles. The molecule has 23 heavy (non-hydrogen) atoms. The lowest BCUT2D eigenvalue weighted by Crippen LogP contribution is -2.20. The molecule has 0 aliphatic carbocycles. The van der Waals surface area contributed by atoms with Gasteiger partial charge in [-0.2, -0.15) is 13.2 Å². The minimum absolute atomic E-state index is 0.222. The van der Waals surface area contributed by atoms with Crippen LogP contribution in [-0.2, 0) is 12.6 Å². The van der Waals surface area contributed by atoms with Crippen molar-refractivity contribution in [1.82, 2.24) is 5.48 Å². The number of hydroxylamine groups is 1. The number of hydrogen-bond acceptors (Lipinski definition) is 3. The zero-order chi connectivity index (χ0) is 16.6. The Morgan fingerprint density at radius 2 is 1.87 bits per heavy atom. The first kappa shape index (κ1) is 15.4. The van der Waals surface area contributed by atoms with E-state index in [4.69, 9.17) is 5.21 Å². The number of anilines is 1. The van der Waals surface area contributed by atoms with Gasteiger partial charge in [-0.05, 0) is 35.7 Å². The third kappa shape index (κ3) is 2.87. The summed E-state index contributed by atoms with van der Waals surface area (Å²) in [6, 6.07) is 9.81. The van der Waals surface area contributed by atoms with Crippen LogP contribution in [0.1, 0.15) is 33.1 Å². The predicted octanol–water partition coefficient (Wildman–Crippen LogP) is 3.53. The van der Waals surface area contributed by atoms with Crippen molar-refractivity contribution >= 4 is 11.6 Å². The van der Waals surface area contributed by atoms with Crippen LogP contribution in [0.3, 0.4) is 0 Å². The molecule has 0 saturated carbocycles. The number of carbonyl (C=O) groups excluding carboxylic acids is 1. The lowest BCUT2D eigenvalue weighted by Gasteiger charge is -2.14. The molecule has 0 aromatic heterocycles. The second-order valence-corrected chi connectivity index (χ2v) is 5.30. The Hall–Kier alpha value is -2.54. The van der Waals surface area contributed by atoms with Crippen molar-refractivity contribution in [2.75, 3.05) is 5.32 Å². The normalized spacial score (nSPS) is 16.6. The average Bonchev–Trinajstić information content (AvgIpc) is 2.97. The molecular weight excluding hydrogens is 309 g/mol. The first-order valence-corrected chi connectivity index (χ1v) is 6.90. The first-order valence-electron chi connectivity index (χ1n) is 6.90. The zero-order valence-corrected chi connectivity index (χ0v) is 11.8. The molecule has 0 unspecified atom stereocenters. The van der Waals surface area contributed by atoms with E-state index in [2.05, 4.69) is 5.32 Å². The molecule has 4 nitrogen and oxygen atoms in total. The second-order valence-electron chi connectivity index (χ2n) is 5.30. The number of alkyl halides is 3. The van der Waals surface area contributed by atoms with Gasteiger partial charge < -0.3 is 5.32 Å². The van der Waals surface area contributed by atoms with E-state index in [0.29, 0.717) is 23.2 Å². The molecule has 0 radical (unpaired) electrons. The molecule has 1 amide bonds. The van der Waals surface area contributed by atoms with Gasteiger partial charge in [0.25, 0.3) is 5.91 Å². The van der Waals surface area contributed by atoms with Crippen molar-refractivity contribution in [3.8, 4) is 0 Å². The molecule has 0 bridgehead atoms. The standard InChI is InChI=1S/C16H13F3N2O2/c17-16(18,19)11-6-4-9(5-7-11)13-8-10-2-1-3-12(14(10)20-13)15(22)21-23/h1-7,13,20,23H,8H2,(H,21,22)/t13-/m0/s1. The van der Waals surface area contributed by atoms with Crippen molar-refractivity contribution < 1.29 is 23.2 Å². The number of rotatable bonds is 2. The molecule has 7 heteroatoms. The third-order valence-electron chi connectivity index (χ3n) is 3.88. The summed E-state index contributed by atoms with van der Waals surface area (Å²) < 4.78 is 37.8. The number of carbonyl (C=O) groups is 1. The SMILES string of the molecule is O=C(NO)c1cccc2c1N[C@H](c1ccc(C(F)(F)F)cc1)C2. The Morgan fingerprint density at radius 1 is 1.17 bits per heavy atom. The monoisotopic (exact) mass is 322 g/mol. The van der Waals surface area contributed by atoms with Crippen LogP contribution in [0.15, 0.2) is 42.5 Å². The lowest BCUT2D eigenvalue weighted by molar-refractivity contribution is -0.137. The molecule has 0 saturated heterocycles. The van der Waals surface area contributed by atoms with E-state index in [9.17, 15) is 18.0 Å². The van der Waals surface area contributed by atoms with Gasteiger partial charge in [-0.25, -0.2) is 5.48 Å². The van der Waals surface area contributed by atoms with Crippen LogP contribution in [0.4, 0.5) is 18.9 Å². The molecule has 0 fully saturated rings. The van der Waals surface area contributed by atoms with Crippen LogP contribution in [0.2, 0.25) is 0 Å². The highest BCUT2D eigenvalue weighted by atomic mass is 19.4. The fourth-order valence-electron chi connectivity index (χ4n) is 2.74. The van der Waals surface area contributed by atoms with Crippen molar-refractivity contribution in [2.45, 2.75) is 18.6 Å². The Balaban J connectivity index is 1.86. The molecule has 120 valence electrons. The molecule has 3 rings (SSSR count). The quantitative estimate of drug-likeness (QED) is 0.585. The van der Waals surface area contributed by atoms with Gasteiger partial charge in [-0.1, -0.05) is 24.3 Å². The van der Waals surface area contributed by atoms with E-state index in [1.165, 1.54) is 12.1 Å². The minimum atomic E-state index is -4.36. The molecule has 1 heterocycles. The average molecular weight is 322 g/mol. The van der Waals surface area contributed by atoms with Gasteiger partial charge in [0.2, 0.25) is 0 Å². The van der Waals surface area contributed by atoms with Gasteiger partial charge in [0, 0.05) is 0 Å². The van der Waals surface area contributed by atoms with Crippen LogP contribution in [0, 0.1) is 0 Å². The summed E-state index contributed by atoms with van der Waals surface area (Å²) in [7, 11) is 0. The number of amides is 1. The number of para-hydroxylation sites is 1. The Labute approximate surface area is 129 Å². The summed E-state index contributed by atoms with van der Waals surface area (Å²) in [5.74, 6) is -0.637. The van der Waals surface area contributed by atoms with Crippen LogP contribution in [-0.4, -0.2) is 11.1 Å². The molecular formula is C16H13F3N2O2. The van der Waals surface area contributed by atoms with Crippen LogP contribution in [0.5, 0.6) is 0 Å². The molecule has 1 atom stereocenters. The van der Waals surface area contributed by atoms with Crippen molar-refractivity contribution in [3.63, 3.8) is 0 Å². The maximum Gasteiger partial charge on any atom is 0.416 e. The number of hydrogen-bond donors (Lipinski definition) is 3. The number of fused-ring (bicyclic) bond motifs is 1. The van der Waals surface area contributed by atoms with Gasteiger partial charge >= 0.3 is 6.18 Å². The largest absolute Gasteiger partial charge is 0.416 e. The van der Waals surface area contributed by atoms with E-state index in [0.717, 1.165) is 17.7 Å². The Morgan fingerprint density at radius 3 is 2.48 bits per heavy atom. The van der Waals surface area contributed by atoms with Gasteiger partial charge in [-0.15, -0.1) is 0 Å². The molecule has 3 N–H and O–H groups in total. The maximum atomic E-state index is 12.6. The van der Waals surface area contributed by atoms with Crippen LogP contribution in [0.25, 0.3) is 0 Å². The van der Waals surface area contributed by atoms with E-state index in [1.54, 1.807) is 17.6 Å². The highest BCUT2D eigenvalue weighted by Gasteiger charge is 2.31. The minimum Gasteiger partial charge on any atom is -0.377 e. The van der Waals surface area contributed by atoms with E-state index >= 15 is 0 Å². The number of nitrogens with one attached hydrogen (secondary N) is 2. The third-order valence-corrected chi connectivity index (χ3v) is 3.88. The molecule has 2 aromatic rings.